The molecule has 170 valence electrons. The summed E-state index contributed by atoms with van der Waals surface area (Å²) < 4.78 is 5.41. The number of benzene rings is 1. The number of aromatic nitrogens is 1. The molecule has 8 heteroatoms. The van der Waals surface area contributed by atoms with Crippen LogP contribution in [0.1, 0.15) is 28.8 Å². The molecule has 2 fully saturated rings. The van der Waals surface area contributed by atoms with E-state index in [0.717, 1.165) is 74.7 Å². The van der Waals surface area contributed by atoms with Gasteiger partial charge in [0.05, 0.1) is 18.8 Å². The number of carbonyl (C=O) groups is 2. The zero-order valence-electron chi connectivity index (χ0n) is 18.0. The number of nitrogens with one attached hydrogen (secondary N) is 3. The Balaban J connectivity index is 0.00000245. The molecule has 32 heavy (non-hydrogen) atoms. The number of anilines is 1. The lowest BCUT2D eigenvalue weighted by Crippen LogP contribution is -2.37. The van der Waals surface area contributed by atoms with Gasteiger partial charge in [-0.25, -0.2) is 0 Å². The van der Waals surface area contributed by atoms with Crippen molar-refractivity contribution in [2.45, 2.75) is 19.3 Å². The number of carbonyl (C=O) groups excluding carboxylic acids is 2. The van der Waals surface area contributed by atoms with Crippen LogP contribution in [-0.2, 0) is 27.2 Å². The summed E-state index contributed by atoms with van der Waals surface area (Å²) in [6.45, 7) is 5.37. The molecule has 7 nitrogen and oxygen atoms in total. The highest BCUT2D eigenvalue weighted by Crippen LogP contribution is 2.34. The van der Waals surface area contributed by atoms with Gasteiger partial charge >= 0.3 is 0 Å². The van der Waals surface area contributed by atoms with Crippen LogP contribution in [-0.4, -0.2) is 61.1 Å². The Bertz CT molecular complexity index is 1030. The van der Waals surface area contributed by atoms with E-state index in [-0.39, 0.29) is 30.1 Å². The van der Waals surface area contributed by atoms with Crippen molar-refractivity contribution in [2.75, 3.05) is 44.7 Å². The molecule has 2 saturated heterocycles. The SMILES string of the molecule is Cl.O=C1Nc2ccc(CC3CCNC3=O)cc2/C1=C/c1cc(CCN2CCOCC2)c[nH]1. The molecule has 0 aliphatic carbocycles. The first-order valence-corrected chi connectivity index (χ1v) is 11.1. The van der Waals surface area contributed by atoms with E-state index in [4.69, 9.17) is 4.74 Å². The van der Waals surface area contributed by atoms with Gasteiger partial charge in [-0.2, -0.15) is 0 Å². The van der Waals surface area contributed by atoms with Crippen LogP contribution in [0.3, 0.4) is 0 Å². The number of nitrogens with zero attached hydrogens (tertiary/aromatic N) is 1. The Morgan fingerprint density at radius 2 is 1.97 bits per heavy atom. The van der Waals surface area contributed by atoms with Crippen LogP contribution in [0, 0.1) is 5.92 Å². The highest BCUT2D eigenvalue weighted by molar-refractivity contribution is 6.34. The van der Waals surface area contributed by atoms with Crippen molar-refractivity contribution in [3.05, 3.63) is 52.8 Å². The molecule has 1 aromatic carbocycles. The minimum atomic E-state index is -0.0878. The molecule has 1 unspecified atom stereocenters. The maximum Gasteiger partial charge on any atom is 0.256 e. The Morgan fingerprint density at radius 1 is 1.12 bits per heavy atom. The van der Waals surface area contributed by atoms with Crippen LogP contribution in [0.15, 0.2) is 30.5 Å². The number of rotatable bonds is 6. The summed E-state index contributed by atoms with van der Waals surface area (Å²) in [5.74, 6) is 0.0599. The number of hydrogen-bond donors (Lipinski definition) is 3. The number of H-pyrrole nitrogens is 1. The van der Waals surface area contributed by atoms with Crippen LogP contribution >= 0.6 is 12.4 Å². The van der Waals surface area contributed by atoms with Crippen molar-refractivity contribution in [3.63, 3.8) is 0 Å². The normalized spacial score (nSPS) is 21.9. The van der Waals surface area contributed by atoms with Crippen LogP contribution in [0.4, 0.5) is 5.69 Å². The van der Waals surface area contributed by atoms with E-state index < -0.39 is 0 Å². The largest absolute Gasteiger partial charge is 0.379 e. The van der Waals surface area contributed by atoms with E-state index >= 15 is 0 Å². The Labute approximate surface area is 194 Å². The summed E-state index contributed by atoms with van der Waals surface area (Å²) >= 11 is 0. The molecule has 2 amide bonds. The molecule has 0 spiro atoms. The van der Waals surface area contributed by atoms with Gasteiger partial charge in [0.25, 0.3) is 5.91 Å². The van der Waals surface area contributed by atoms with Crippen molar-refractivity contribution in [2.24, 2.45) is 5.92 Å². The number of hydrogen-bond acceptors (Lipinski definition) is 4. The average molecular weight is 457 g/mol. The molecule has 3 aliphatic heterocycles. The molecule has 0 radical (unpaired) electrons. The number of morpholine rings is 1. The van der Waals surface area contributed by atoms with Crippen molar-refractivity contribution in [1.82, 2.24) is 15.2 Å². The van der Waals surface area contributed by atoms with Gasteiger partial charge in [-0.3, -0.25) is 14.5 Å². The predicted octanol–water partition coefficient (Wildman–Crippen LogP) is 2.48. The topological polar surface area (TPSA) is 86.5 Å². The molecule has 1 aromatic heterocycles. The summed E-state index contributed by atoms with van der Waals surface area (Å²) in [6.07, 6.45) is 6.48. The summed E-state index contributed by atoms with van der Waals surface area (Å²) in [5.41, 5.74) is 5.64. The van der Waals surface area contributed by atoms with Gasteiger partial charge < -0.3 is 20.4 Å². The third-order valence-corrected chi connectivity index (χ3v) is 6.40. The van der Waals surface area contributed by atoms with Gasteiger partial charge in [0.2, 0.25) is 5.91 Å². The molecule has 4 heterocycles. The van der Waals surface area contributed by atoms with Crippen molar-refractivity contribution in [3.8, 4) is 0 Å². The van der Waals surface area contributed by atoms with E-state index in [9.17, 15) is 9.59 Å². The summed E-state index contributed by atoms with van der Waals surface area (Å²) in [7, 11) is 0. The Hall–Kier alpha value is -2.61. The second-order valence-corrected chi connectivity index (χ2v) is 8.54. The molecule has 2 aromatic rings. The quantitative estimate of drug-likeness (QED) is 0.583. The summed E-state index contributed by atoms with van der Waals surface area (Å²) in [4.78, 5) is 30.2. The first-order valence-electron chi connectivity index (χ1n) is 11.1. The number of aromatic amines is 1. The van der Waals surface area contributed by atoms with Crippen molar-refractivity contribution >= 4 is 41.6 Å². The second-order valence-electron chi connectivity index (χ2n) is 8.54. The Kier molecular flexibility index (Phi) is 6.98. The van der Waals surface area contributed by atoms with Crippen LogP contribution < -0.4 is 10.6 Å². The molecule has 5 rings (SSSR count). The molecular formula is C24H29ClN4O3. The van der Waals surface area contributed by atoms with E-state index in [1.165, 1.54) is 5.56 Å². The third kappa shape index (κ3) is 4.90. The number of fused-ring (bicyclic) bond motifs is 1. The minimum absolute atomic E-state index is 0. The van der Waals surface area contributed by atoms with Crippen LogP contribution in [0.25, 0.3) is 11.6 Å². The maximum absolute atomic E-state index is 12.6. The average Bonchev–Trinajstić information content (AvgIpc) is 3.48. The van der Waals surface area contributed by atoms with E-state index in [2.05, 4.69) is 26.6 Å². The van der Waals surface area contributed by atoms with Crippen molar-refractivity contribution in [1.29, 1.82) is 0 Å². The highest BCUT2D eigenvalue weighted by atomic mass is 35.5. The van der Waals surface area contributed by atoms with Gasteiger partial charge in [0.15, 0.2) is 0 Å². The summed E-state index contributed by atoms with van der Waals surface area (Å²) in [6, 6.07) is 8.11. The third-order valence-electron chi connectivity index (χ3n) is 6.40. The predicted molar refractivity (Wildman–Crippen MR) is 127 cm³/mol. The van der Waals surface area contributed by atoms with E-state index in [1.807, 2.05) is 30.5 Å². The molecular weight excluding hydrogens is 428 g/mol. The lowest BCUT2D eigenvalue weighted by atomic mass is 9.95. The molecule has 3 aliphatic rings. The van der Waals surface area contributed by atoms with E-state index in [1.54, 1.807) is 0 Å². The first-order chi connectivity index (χ1) is 15.2. The highest BCUT2D eigenvalue weighted by Gasteiger charge is 2.27. The zero-order valence-corrected chi connectivity index (χ0v) is 18.8. The fourth-order valence-corrected chi connectivity index (χ4v) is 4.58. The number of ether oxygens (including phenoxy) is 1. The van der Waals surface area contributed by atoms with Gasteiger partial charge in [-0.05, 0) is 54.7 Å². The summed E-state index contributed by atoms with van der Waals surface area (Å²) in [5, 5.41) is 5.85. The molecule has 0 bridgehead atoms. The monoisotopic (exact) mass is 456 g/mol. The van der Waals surface area contributed by atoms with Gasteiger partial charge in [-0.1, -0.05) is 6.07 Å². The smallest absolute Gasteiger partial charge is 0.256 e. The van der Waals surface area contributed by atoms with Gasteiger partial charge in [-0.15, -0.1) is 12.4 Å². The van der Waals surface area contributed by atoms with Gasteiger partial charge in [0.1, 0.15) is 0 Å². The minimum Gasteiger partial charge on any atom is -0.379 e. The van der Waals surface area contributed by atoms with Gasteiger partial charge in [0, 0.05) is 55.2 Å². The molecule has 3 N–H and O–H groups in total. The Morgan fingerprint density at radius 3 is 2.75 bits per heavy atom. The van der Waals surface area contributed by atoms with E-state index in [0.29, 0.717) is 12.0 Å². The first kappa shape index (κ1) is 22.6. The maximum atomic E-state index is 12.6. The number of amides is 2. The molecule has 0 saturated carbocycles. The van der Waals surface area contributed by atoms with Crippen LogP contribution in [0.5, 0.6) is 0 Å². The fourth-order valence-electron chi connectivity index (χ4n) is 4.58. The zero-order chi connectivity index (χ0) is 21.2. The van der Waals surface area contributed by atoms with Crippen molar-refractivity contribution < 1.29 is 14.3 Å². The second kappa shape index (κ2) is 9.90. The number of halogens is 1. The van der Waals surface area contributed by atoms with Crippen LogP contribution in [0.2, 0.25) is 0 Å². The molecule has 1 atom stereocenters. The lowest BCUT2D eigenvalue weighted by molar-refractivity contribution is -0.122. The standard InChI is InChI=1S/C24H28N4O3.ClH/c29-23-18(3-5-25-23)11-16-1-2-22-20(13-16)21(24(30)27-22)14-19-12-17(15-26-19)4-6-28-7-9-31-10-8-28;/h1-2,12-15,18,26H,3-11H2,(H,25,29)(H,27,30);1H/b21-14-;. The lowest BCUT2D eigenvalue weighted by Gasteiger charge is -2.26. The fraction of sp³-hybridized carbons (Fsp3) is 0.417.